The lowest BCUT2D eigenvalue weighted by molar-refractivity contribution is -0.137. The van der Waals surface area contributed by atoms with Crippen LogP contribution in [-0.4, -0.2) is 42.3 Å². The van der Waals surface area contributed by atoms with E-state index in [2.05, 4.69) is 4.99 Å². The molecule has 2 saturated heterocycles. The van der Waals surface area contributed by atoms with E-state index in [4.69, 9.17) is 0 Å². The molecule has 0 spiro atoms. The van der Waals surface area contributed by atoms with Gasteiger partial charge in [-0.15, -0.1) is 0 Å². The highest BCUT2D eigenvalue weighted by atomic mass is 32.2. The normalized spacial score (nSPS) is 27.7. The Morgan fingerprint density at radius 3 is 2.63 bits per heavy atom. The maximum absolute atomic E-state index is 13.2. The summed E-state index contributed by atoms with van der Waals surface area (Å²) in [5, 5.41) is -0.0402. The van der Waals surface area contributed by atoms with Crippen molar-refractivity contribution in [2.24, 2.45) is 10.9 Å². The van der Waals surface area contributed by atoms with Gasteiger partial charge in [0.15, 0.2) is 15.0 Å². The highest BCUT2D eigenvalue weighted by Crippen LogP contribution is 2.42. The molecule has 164 valence electrons. The summed E-state index contributed by atoms with van der Waals surface area (Å²) in [5.74, 6) is 0.0159. The quantitative estimate of drug-likeness (QED) is 0.671. The molecule has 2 aliphatic heterocycles. The van der Waals surface area contributed by atoms with Gasteiger partial charge in [0.1, 0.15) is 0 Å². The minimum absolute atomic E-state index is 0.0624. The molecular formula is C20H23F3N2O3S2. The Hall–Kier alpha value is -1.55. The van der Waals surface area contributed by atoms with Crippen LogP contribution in [0.2, 0.25) is 0 Å². The molecule has 1 aromatic rings. The molecule has 0 aromatic heterocycles. The maximum Gasteiger partial charge on any atom is 0.416 e. The molecule has 1 aliphatic carbocycles. The van der Waals surface area contributed by atoms with Crippen LogP contribution in [0.15, 0.2) is 29.3 Å². The second-order valence-electron chi connectivity index (χ2n) is 8.20. The molecular weight excluding hydrogens is 437 g/mol. The fourth-order valence-electron chi connectivity index (χ4n) is 4.49. The second kappa shape index (κ2) is 8.18. The number of alkyl halides is 3. The standard InChI is InChI=1S/C20H23F3N2O3S2/c21-20(22,23)14-6-3-7-15(10-14)25-16-11-30(27,28)12-17(16)29-19(25)24-18(26)9-8-13-4-1-2-5-13/h3,6-7,10,13,16-17H,1-2,4-5,8-9,11-12H2/t16-,17+/m0/s1. The zero-order valence-electron chi connectivity index (χ0n) is 16.3. The van der Waals surface area contributed by atoms with E-state index in [1.54, 1.807) is 0 Å². The number of sulfone groups is 1. The third kappa shape index (κ3) is 4.69. The molecule has 30 heavy (non-hydrogen) atoms. The number of carbonyl (C=O) groups excluding carboxylic acids is 1. The summed E-state index contributed by atoms with van der Waals surface area (Å²) in [4.78, 5) is 18.2. The summed E-state index contributed by atoms with van der Waals surface area (Å²) >= 11 is 1.18. The Kier molecular flexibility index (Phi) is 5.91. The maximum atomic E-state index is 13.2. The summed E-state index contributed by atoms with van der Waals surface area (Å²) in [6.07, 6.45) is 1.17. The van der Waals surface area contributed by atoms with Crippen LogP contribution in [0.3, 0.4) is 0 Å². The predicted octanol–water partition coefficient (Wildman–Crippen LogP) is 4.28. The summed E-state index contributed by atoms with van der Waals surface area (Å²) in [7, 11) is -3.28. The van der Waals surface area contributed by atoms with Gasteiger partial charge in [-0.3, -0.25) is 4.79 Å². The molecule has 4 rings (SSSR count). The monoisotopic (exact) mass is 460 g/mol. The van der Waals surface area contributed by atoms with E-state index < -0.39 is 27.6 Å². The summed E-state index contributed by atoms with van der Waals surface area (Å²) in [5.41, 5.74) is -0.606. The number of amides is 1. The zero-order valence-corrected chi connectivity index (χ0v) is 17.9. The van der Waals surface area contributed by atoms with Gasteiger partial charge in [0, 0.05) is 17.4 Å². The Morgan fingerprint density at radius 2 is 1.93 bits per heavy atom. The van der Waals surface area contributed by atoms with Crippen molar-refractivity contribution in [3.63, 3.8) is 0 Å². The number of aliphatic imine (C=N–C) groups is 1. The average Bonchev–Trinajstić information content (AvgIpc) is 3.34. The molecule has 2 heterocycles. The van der Waals surface area contributed by atoms with Crippen molar-refractivity contribution in [2.45, 2.75) is 56.0 Å². The van der Waals surface area contributed by atoms with Gasteiger partial charge in [0.25, 0.3) is 0 Å². The number of fused-ring (bicyclic) bond motifs is 1. The molecule has 1 amide bonds. The van der Waals surface area contributed by atoms with E-state index in [0.717, 1.165) is 31.4 Å². The van der Waals surface area contributed by atoms with E-state index >= 15 is 0 Å². The number of hydrogen-bond acceptors (Lipinski definition) is 4. The molecule has 1 saturated carbocycles. The highest BCUT2D eigenvalue weighted by molar-refractivity contribution is 8.16. The van der Waals surface area contributed by atoms with Crippen LogP contribution in [-0.2, 0) is 20.8 Å². The van der Waals surface area contributed by atoms with E-state index in [1.165, 1.54) is 41.6 Å². The number of anilines is 1. The first-order valence-electron chi connectivity index (χ1n) is 10.1. The van der Waals surface area contributed by atoms with Gasteiger partial charge in [0.2, 0.25) is 5.91 Å². The number of carbonyl (C=O) groups is 1. The van der Waals surface area contributed by atoms with Gasteiger partial charge in [-0.2, -0.15) is 18.2 Å². The first-order valence-corrected chi connectivity index (χ1v) is 12.8. The van der Waals surface area contributed by atoms with Gasteiger partial charge >= 0.3 is 6.18 Å². The SMILES string of the molecule is O=C(CCC1CCCC1)N=C1S[C@@H]2CS(=O)(=O)C[C@@H]2N1c1cccc(C(F)(F)F)c1. The zero-order chi connectivity index (χ0) is 21.5. The van der Waals surface area contributed by atoms with Crippen molar-refractivity contribution in [3.05, 3.63) is 29.8 Å². The van der Waals surface area contributed by atoms with Crippen molar-refractivity contribution in [1.82, 2.24) is 0 Å². The van der Waals surface area contributed by atoms with Crippen molar-refractivity contribution in [2.75, 3.05) is 16.4 Å². The minimum atomic E-state index is -4.52. The molecule has 0 N–H and O–H groups in total. The van der Waals surface area contributed by atoms with Crippen LogP contribution in [0.25, 0.3) is 0 Å². The highest BCUT2D eigenvalue weighted by Gasteiger charge is 2.49. The van der Waals surface area contributed by atoms with Gasteiger partial charge in [-0.05, 0) is 30.5 Å². The third-order valence-electron chi connectivity index (χ3n) is 5.98. The van der Waals surface area contributed by atoms with Crippen molar-refractivity contribution in [3.8, 4) is 0 Å². The van der Waals surface area contributed by atoms with Crippen molar-refractivity contribution < 1.29 is 26.4 Å². The third-order valence-corrected chi connectivity index (χ3v) is 9.19. The van der Waals surface area contributed by atoms with Gasteiger partial charge < -0.3 is 4.90 Å². The lowest BCUT2D eigenvalue weighted by Crippen LogP contribution is -2.37. The van der Waals surface area contributed by atoms with Gasteiger partial charge in [-0.25, -0.2) is 8.42 Å². The summed E-state index contributed by atoms with van der Waals surface area (Å²) in [6.45, 7) is 0. The predicted molar refractivity (Wildman–Crippen MR) is 111 cm³/mol. The smallest absolute Gasteiger partial charge is 0.316 e. The van der Waals surface area contributed by atoms with Crippen LogP contribution in [0.4, 0.5) is 18.9 Å². The van der Waals surface area contributed by atoms with Crippen molar-refractivity contribution in [1.29, 1.82) is 0 Å². The average molecular weight is 461 g/mol. The van der Waals surface area contributed by atoms with Gasteiger partial charge in [-0.1, -0.05) is 43.5 Å². The molecule has 3 fully saturated rings. The summed E-state index contributed by atoms with van der Waals surface area (Å²) in [6, 6.07) is 4.23. The molecule has 3 aliphatic rings. The molecule has 2 atom stereocenters. The number of nitrogens with zero attached hydrogens (tertiary/aromatic N) is 2. The number of benzene rings is 1. The minimum Gasteiger partial charge on any atom is -0.316 e. The lowest BCUT2D eigenvalue weighted by atomic mass is 10.0. The van der Waals surface area contributed by atoms with Crippen LogP contribution < -0.4 is 4.90 Å². The van der Waals surface area contributed by atoms with Crippen LogP contribution in [0.5, 0.6) is 0 Å². The molecule has 5 nitrogen and oxygen atoms in total. The summed E-state index contributed by atoms with van der Waals surface area (Å²) < 4.78 is 63.8. The largest absolute Gasteiger partial charge is 0.416 e. The second-order valence-corrected chi connectivity index (χ2v) is 11.6. The fraction of sp³-hybridized carbons (Fsp3) is 0.600. The Morgan fingerprint density at radius 1 is 1.20 bits per heavy atom. The first-order chi connectivity index (χ1) is 14.1. The molecule has 0 radical (unpaired) electrons. The fourth-order valence-corrected chi connectivity index (χ4v) is 8.42. The number of thioether (sulfide) groups is 1. The number of halogens is 3. The van der Waals surface area contributed by atoms with Crippen molar-refractivity contribution >= 4 is 38.4 Å². The van der Waals surface area contributed by atoms with Crippen LogP contribution in [0, 0.1) is 5.92 Å². The van der Waals surface area contributed by atoms with Gasteiger partial charge in [0.05, 0.1) is 23.1 Å². The first kappa shape index (κ1) is 21.7. The Labute approximate surface area is 178 Å². The number of rotatable bonds is 4. The molecule has 10 heteroatoms. The van der Waals surface area contributed by atoms with Crippen LogP contribution in [0.1, 0.15) is 44.1 Å². The van der Waals surface area contributed by atoms with Crippen LogP contribution >= 0.6 is 11.8 Å². The number of hydrogen-bond donors (Lipinski definition) is 0. The Balaban J connectivity index is 1.60. The van der Waals surface area contributed by atoms with E-state index in [1.807, 2.05) is 0 Å². The van der Waals surface area contributed by atoms with E-state index in [9.17, 15) is 26.4 Å². The molecule has 0 unspecified atom stereocenters. The molecule has 1 aromatic carbocycles. The molecule has 0 bridgehead atoms. The topological polar surface area (TPSA) is 66.8 Å². The number of amidine groups is 1. The lowest BCUT2D eigenvalue weighted by Gasteiger charge is -2.25. The van der Waals surface area contributed by atoms with E-state index in [0.29, 0.717) is 17.5 Å². The van der Waals surface area contributed by atoms with E-state index in [-0.39, 0.29) is 28.4 Å². The Bertz CT molecular complexity index is 956.